The summed E-state index contributed by atoms with van der Waals surface area (Å²) in [5.41, 5.74) is 6.44. The molecule has 2 atom stereocenters. The summed E-state index contributed by atoms with van der Waals surface area (Å²) in [6, 6.07) is 13.9. The number of hydrogen-bond donors (Lipinski definition) is 2. The van der Waals surface area contributed by atoms with Crippen molar-refractivity contribution in [1.82, 2.24) is 19.8 Å². The minimum atomic E-state index is -0.0975. The van der Waals surface area contributed by atoms with Gasteiger partial charge in [-0.2, -0.15) is 0 Å². The number of aliphatic hydroxyl groups excluding tert-OH is 1. The maximum Gasteiger partial charge on any atom is 0.170 e. The van der Waals surface area contributed by atoms with Crippen LogP contribution in [0, 0.1) is 20.8 Å². The van der Waals surface area contributed by atoms with Gasteiger partial charge in [-0.05, 0) is 74.4 Å². The van der Waals surface area contributed by atoms with Crippen LogP contribution in [0.3, 0.4) is 0 Å². The van der Waals surface area contributed by atoms with E-state index in [0.29, 0.717) is 11.7 Å². The maximum atomic E-state index is 9.68. The summed E-state index contributed by atoms with van der Waals surface area (Å²) < 4.78 is 2.24. The number of pyridine rings is 1. The molecule has 0 aliphatic carbocycles. The van der Waals surface area contributed by atoms with Crippen molar-refractivity contribution in [1.29, 1.82) is 0 Å². The Hall–Kier alpha value is -2.41. The first kappa shape index (κ1) is 20.8. The zero-order chi connectivity index (χ0) is 21.4. The van der Waals surface area contributed by atoms with Crippen LogP contribution in [0.1, 0.15) is 40.3 Å². The zero-order valence-corrected chi connectivity index (χ0v) is 18.8. The van der Waals surface area contributed by atoms with Crippen molar-refractivity contribution >= 4 is 28.9 Å². The van der Waals surface area contributed by atoms with Crippen molar-refractivity contribution in [3.8, 4) is 5.69 Å². The van der Waals surface area contributed by atoms with Gasteiger partial charge in [0, 0.05) is 34.8 Å². The first-order chi connectivity index (χ1) is 14.4. The highest BCUT2D eigenvalue weighted by atomic mass is 35.5. The standard InChI is InChI=1S/C23H25ClN4OS/c1-14-13-17(16(3)28(14)20-9-6-7-18(24)15(20)2)22-21(19-8-4-5-10-25-19)26-23(30)27(22)11-12-29/h4-10,13,21-22,29H,11-12H2,1-3H3,(H,26,30)/t21-,22-/m0/s1. The SMILES string of the molecule is Cc1c(Cl)cccc1-n1c(C)cc([C@H]2[C@H](c3ccccn3)NC(=S)N2CCO)c1C. The minimum absolute atomic E-state index is 0.0272. The van der Waals surface area contributed by atoms with E-state index < -0.39 is 0 Å². The van der Waals surface area contributed by atoms with E-state index >= 15 is 0 Å². The van der Waals surface area contributed by atoms with Crippen molar-refractivity contribution in [3.63, 3.8) is 0 Å². The molecule has 5 nitrogen and oxygen atoms in total. The fourth-order valence-electron chi connectivity index (χ4n) is 4.39. The molecule has 1 fully saturated rings. The molecule has 156 valence electrons. The van der Waals surface area contributed by atoms with Crippen LogP contribution in [0.5, 0.6) is 0 Å². The predicted octanol–water partition coefficient (Wildman–Crippen LogP) is 4.42. The van der Waals surface area contributed by atoms with Gasteiger partial charge in [-0.1, -0.05) is 23.7 Å². The molecular weight excluding hydrogens is 416 g/mol. The molecule has 1 aromatic carbocycles. The number of halogens is 1. The molecule has 2 aromatic heterocycles. The largest absolute Gasteiger partial charge is 0.395 e. The number of aliphatic hydroxyl groups is 1. The monoisotopic (exact) mass is 440 g/mol. The Morgan fingerprint density at radius 2 is 1.97 bits per heavy atom. The van der Waals surface area contributed by atoms with Crippen LogP contribution in [0.15, 0.2) is 48.7 Å². The summed E-state index contributed by atoms with van der Waals surface area (Å²) in [7, 11) is 0. The van der Waals surface area contributed by atoms with Gasteiger partial charge >= 0.3 is 0 Å². The fraction of sp³-hybridized carbons (Fsp3) is 0.304. The molecule has 1 aliphatic heterocycles. The van der Waals surface area contributed by atoms with Gasteiger partial charge in [-0.25, -0.2) is 0 Å². The van der Waals surface area contributed by atoms with Crippen LogP contribution in [0.4, 0.5) is 0 Å². The van der Waals surface area contributed by atoms with Gasteiger partial charge in [0.05, 0.1) is 24.4 Å². The highest BCUT2D eigenvalue weighted by molar-refractivity contribution is 7.80. The number of thiocarbonyl (C=S) groups is 1. The van der Waals surface area contributed by atoms with Crippen LogP contribution >= 0.6 is 23.8 Å². The molecule has 0 radical (unpaired) electrons. The second kappa shape index (κ2) is 8.38. The first-order valence-corrected chi connectivity index (χ1v) is 10.8. The second-order valence-electron chi connectivity index (χ2n) is 7.59. The lowest BCUT2D eigenvalue weighted by Crippen LogP contribution is -2.32. The molecule has 7 heteroatoms. The minimum Gasteiger partial charge on any atom is -0.395 e. The first-order valence-electron chi connectivity index (χ1n) is 9.97. The average Bonchev–Trinajstić information content (AvgIpc) is 3.21. The van der Waals surface area contributed by atoms with E-state index in [2.05, 4.69) is 45.7 Å². The number of benzene rings is 1. The summed E-state index contributed by atoms with van der Waals surface area (Å²) in [6.45, 7) is 6.75. The Bertz CT molecular complexity index is 1080. The van der Waals surface area contributed by atoms with Crippen molar-refractivity contribution in [2.75, 3.05) is 13.2 Å². The van der Waals surface area contributed by atoms with Crippen LogP contribution < -0.4 is 5.32 Å². The van der Waals surface area contributed by atoms with Gasteiger partial charge in [0.2, 0.25) is 0 Å². The normalized spacial score (nSPS) is 18.7. The van der Waals surface area contributed by atoms with E-state index in [9.17, 15) is 5.11 Å². The quantitative estimate of drug-likeness (QED) is 0.575. The average molecular weight is 441 g/mol. The van der Waals surface area contributed by atoms with Crippen LogP contribution in [0.25, 0.3) is 5.69 Å². The number of rotatable bonds is 5. The lowest BCUT2D eigenvalue weighted by molar-refractivity contribution is 0.223. The third-order valence-electron chi connectivity index (χ3n) is 5.81. The Morgan fingerprint density at radius 3 is 2.67 bits per heavy atom. The third-order valence-corrected chi connectivity index (χ3v) is 6.57. The second-order valence-corrected chi connectivity index (χ2v) is 8.38. The maximum absolute atomic E-state index is 9.68. The number of hydrogen-bond acceptors (Lipinski definition) is 3. The number of β-amino-alcohol motifs (C(OH)–C–C–N with tert-alkyl or cyclic N) is 1. The van der Waals surface area contributed by atoms with Gasteiger partial charge < -0.3 is 19.9 Å². The summed E-state index contributed by atoms with van der Waals surface area (Å²) >= 11 is 12.0. The van der Waals surface area contributed by atoms with E-state index in [1.807, 2.05) is 37.3 Å². The summed E-state index contributed by atoms with van der Waals surface area (Å²) in [4.78, 5) is 6.63. The van der Waals surface area contributed by atoms with E-state index in [4.69, 9.17) is 23.8 Å². The molecule has 1 saturated heterocycles. The summed E-state index contributed by atoms with van der Waals surface area (Å²) in [5, 5.41) is 14.5. The molecule has 0 spiro atoms. The number of nitrogens with zero attached hydrogens (tertiary/aromatic N) is 3. The van der Waals surface area contributed by atoms with Crippen LogP contribution in [0.2, 0.25) is 5.02 Å². The Labute approximate surface area is 187 Å². The van der Waals surface area contributed by atoms with Crippen LogP contribution in [-0.4, -0.2) is 37.8 Å². The number of nitrogens with one attached hydrogen (secondary N) is 1. The van der Waals surface area contributed by atoms with Gasteiger partial charge in [0.1, 0.15) is 0 Å². The summed E-state index contributed by atoms with van der Waals surface area (Å²) in [6.07, 6.45) is 1.80. The lowest BCUT2D eigenvalue weighted by Gasteiger charge is -2.27. The predicted molar refractivity (Wildman–Crippen MR) is 124 cm³/mol. The lowest BCUT2D eigenvalue weighted by atomic mass is 9.97. The fourth-order valence-corrected chi connectivity index (χ4v) is 4.89. The molecule has 4 rings (SSSR count). The highest BCUT2D eigenvalue weighted by Gasteiger charge is 2.41. The topological polar surface area (TPSA) is 53.3 Å². The van der Waals surface area contributed by atoms with E-state index in [0.717, 1.165) is 38.9 Å². The molecular formula is C23H25ClN4OS. The zero-order valence-electron chi connectivity index (χ0n) is 17.3. The Balaban J connectivity index is 1.86. The van der Waals surface area contributed by atoms with Gasteiger partial charge in [0.25, 0.3) is 0 Å². The highest BCUT2D eigenvalue weighted by Crippen LogP contribution is 2.41. The van der Waals surface area contributed by atoms with Crippen molar-refractivity contribution in [2.24, 2.45) is 0 Å². The van der Waals surface area contributed by atoms with Gasteiger partial charge in [-0.3, -0.25) is 4.98 Å². The number of aromatic nitrogens is 2. The molecule has 3 heterocycles. The molecule has 0 bridgehead atoms. The molecule has 1 aliphatic rings. The Morgan fingerprint density at radius 1 is 1.17 bits per heavy atom. The van der Waals surface area contributed by atoms with Crippen molar-refractivity contribution < 1.29 is 5.11 Å². The molecule has 0 amide bonds. The van der Waals surface area contributed by atoms with E-state index in [1.165, 1.54) is 0 Å². The van der Waals surface area contributed by atoms with Gasteiger partial charge in [0.15, 0.2) is 5.11 Å². The molecule has 3 aromatic rings. The molecule has 30 heavy (non-hydrogen) atoms. The number of aryl methyl sites for hydroxylation is 1. The van der Waals surface area contributed by atoms with E-state index in [-0.39, 0.29) is 18.7 Å². The smallest absolute Gasteiger partial charge is 0.170 e. The van der Waals surface area contributed by atoms with Crippen molar-refractivity contribution in [2.45, 2.75) is 32.9 Å². The Kier molecular flexibility index (Phi) is 5.82. The molecule has 2 N–H and O–H groups in total. The molecule has 0 saturated carbocycles. The summed E-state index contributed by atoms with van der Waals surface area (Å²) in [5.74, 6) is 0. The van der Waals surface area contributed by atoms with Gasteiger partial charge in [-0.15, -0.1) is 0 Å². The van der Waals surface area contributed by atoms with Crippen LogP contribution in [-0.2, 0) is 0 Å². The molecule has 0 unspecified atom stereocenters. The third kappa shape index (κ3) is 3.49. The van der Waals surface area contributed by atoms with Crippen molar-refractivity contribution in [3.05, 3.63) is 81.9 Å². The van der Waals surface area contributed by atoms with E-state index in [1.54, 1.807) is 6.20 Å².